The quantitative estimate of drug-likeness (QED) is 0.775. The molecule has 82 valence electrons. The van der Waals surface area contributed by atoms with E-state index in [2.05, 4.69) is 26.8 Å². The van der Waals surface area contributed by atoms with E-state index in [0.717, 1.165) is 12.8 Å². The number of aryl methyl sites for hydroxylation is 1. The number of phenols is 1. The molecule has 1 aromatic carbocycles. The van der Waals surface area contributed by atoms with E-state index >= 15 is 0 Å². The number of allylic oxidation sites excluding steroid dienone is 2. The van der Waals surface area contributed by atoms with Crippen molar-refractivity contribution in [1.29, 1.82) is 0 Å². The molecule has 0 unspecified atom stereocenters. The van der Waals surface area contributed by atoms with Crippen LogP contribution >= 0.6 is 0 Å². The summed E-state index contributed by atoms with van der Waals surface area (Å²) >= 11 is 0. The average molecular weight is 204 g/mol. The van der Waals surface area contributed by atoms with Gasteiger partial charge in [0.1, 0.15) is 5.75 Å². The molecule has 0 aromatic heterocycles. The molecule has 1 rings (SSSR count). The van der Waals surface area contributed by atoms with E-state index in [-0.39, 0.29) is 0 Å². The number of rotatable bonds is 4. The van der Waals surface area contributed by atoms with Crippen LogP contribution in [0.3, 0.4) is 0 Å². The normalized spacial score (nSPS) is 11.8. The van der Waals surface area contributed by atoms with Gasteiger partial charge in [0.15, 0.2) is 0 Å². The van der Waals surface area contributed by atoms with Gasteiger partial charge in [-0.2, -0.15) is 0 Å². The zero-order chi connectivity index (χ0) is 11.3. The van der Waals surface area contributed by atoms with Crippen LogP contribution in [-0.2, 0) is 0 Å². The van der Waals surface area contributed by atoms with E-state index in [4.69, 9.17) is 0 Å². The SMILES string of the molecule is CCC/C=C(/CC)c1cc(O)ccc1C. The van der Waals surface area contributed by atoms with Crippen molar-refractivity contribution in [3.05, 3.63) is 35.4 Å². The Balaban J connectivity index is 3.05. The minimum Gasteiger partial charge on any atom is -0.508 e. The van der Waals surface area contributed by atoms with E-state index in [1.807, 2.05) is 12.1 Å². The van der Waals surface area contributed by atoms with E-state index in [1.54, 1.807) is 6.07 Å². The van der Waals surface area contributed by atoms with Crippen LogP contribution in [0.1, 0.15) is 44.2 Å². The van der Waals surface area contributed by atoms with E-state index in [0.29, 0.717) is 5.75 Å². The standard InChI is InChI=1S/C14H20O/c1-4-6-7-12(5-2)14-10-13(15)9-8-11(14)3/h7-10,15H,4-6H2,1-3H3/b12-7-. The van der Waals surface area contributed by atoms with Gasteiger partial charge in [-0.15, -0.1) is 0 Å². The molecule has 0 bridgehead atoms. The Kier molecular flexibility index (Phi) is 4.41. The second-order valence-corrected chi connectivity index (χ2v) is 3.87. The molecule has 1 heteroatoms. The van der Waals surface area contributed by atoms with Gasteiger partial charge >= 0.3 is 0 Å². The summed E-state index contributed by atoms with van der Waals surface area (Å²) in [6.45, 7) is 6.42. The smallest absolute Gasteiger partial charge is 0.116 e. The lowest BCUT2D eigenvalue weighted by atomic mass is 9.97. The second kappa shape index (κ2) is 5.59. The first-order valence-electron chi connectivity index (χ1n) is 5.68. The van der Waals surface area contributed by atoms with Crippen LogP contribution in [-0.4, -0.2) is 5.11 Å². The molecule has 0 atom stereocenters. The zero-order valence-corrected chi connectivity index (χ0v) is 9.88. The monoisotopic (exact) mass is 204 g/mol. The average Bonchev–Trinajstić information content (AvgIpc) is 2.24. The van der Waals surface area contributed by atoms with E-state index < -0.39 is 0 Å². The minimum atomic E-state index is 0.353. The maximum absolute atomic E-state index is 9.48. The lowest BCUT2D eigenvalue weighted by Gasteiger charge is -2.09. The van der Waals surface area contributed by atoms with Crippen LogP contribution in [0, 0.1) is 6.92 Å². The predicted octanol–water partition coefficient (Wildman–Crippen LogP) is 4.29. The lowest BCUT2D eigenvalue weighted by molar-refractivity contribution is 0.475. The summed E-state index contributed by atoms with van der Waals surface area (Å²) in [7, 11) is 0. The molecule has 1 N–H and O–H groups in total. The molecule has 0 saturated heterocycles. The molecule has 0 heterocycles. The predicted molar refractivity (Wildman–Crippen MR) is 66.0 cm³/mol. The number of hydrogen-bond acceptors (Lipinski definition) is 1. The highest BCUT2D eigenvalue weighted by Crippen LogP contribution is 2.26. The Hall–Kier alpha value is -1.24. The molecule has 0 radical (unpaired) electrons. The summed E-state index contributed by atoms with van der Waals surface area (Å²) in [5.41, 5.74) is 3.76. The Morgan fingerprint density at radius 1 is 1.33 bits per heavy atom. The topological polar surface area (TPSA) is 20.2 Å². The van der Waals surface area contributed by atoms with Gasteiger partial charge in [-0.05, 0) is 48.6 Å². The molecular formula is C14H20O. The largest absolute Gasteiger partial charge is 0.508 e. The van der Waals surface area contributed by atoms with Gasteiger partial charge in [0, 0.05) is 0 Å². The fourth-order valence-corrected chi connectivity index (χ4v) is 1.72. The molecule has 0 saturated carbocycles. The Morgan fingerprint density at radius 3 is 2.67 bits per heavy atom. The lowest BCUT2D eigenvalue weighted by Crippen LogP contribution is -1.88. The van der Waals surface area contributed by atoms with Crippen LogP contribution in [0.4, 0.5) is 0 Å². The fourth-order valence-electron chi connectivity index (χ4n) is 1.72. The Bertz CT molecular complexity index is 350. The van der Waals surface area contributed by atoms with Crippen molar-refractivity contribution >= 4 is 5.57 Å². The van der Waals surface area contributed by atoms with Crippen molar-refractivity contribution in [3.8, 4) is 5.75 Å². The second-order valence-electron chi connectivity index (χ2n) is 3.87. The van der Waals surface area contributed by atoms with Crippen molar-refractivity contribution < 1.29 is 5.11 Å². The van der Waals surface area contributed by atoms with Crippen molar-refractivity contribution in [3.63, 3.8) is 0 Å². The summed E-state index contributed by atoms with van der Waals surface area (Å²) in [6, 6.07) is 5.58. The molecule has 1 aromatic rings. The molecular weight excluding hydrogens is 184 g/mol. The van der Waals surface area contributed by atoms with Crippen molar-refractivity contribution in [2.24, 2.45) is 0 Å². The molecule has 0 aliphatic carbocycles. The number of hydrogen-bond donors (Lipinski definition) is 1. The molecule has 15 heavy (non-hydrogen) atoms. The van der Waals surface area contributed by atoms with Crippen molar-refractivity contribution in [2.45, 2.75) is 40.0 Å². The van der Waals surface area contributed by atoms with Crippen molar-refractivity contribution in [1.82, 2.24) is 0 Å². The first kappa shape index (κ1) is 11.8. The summed E-state index contributed by atoms with van der Waals surface area (Å²) in [5, 5.41) is 9.48. The maximum atomic E-state index is 9.48. The highest BCUT2D eigenvalue weighted by molar-refractivity contribution is 5.69. The van der Waals surface area contributed by atoms with Gasteiger partial charge < -0.3 is 5.11 Å². The highest BCUT2D eigenvalue weighted by atomic mass is 16.3. The Morgan fingerprint density at radius 2 is 2.07 bits per heavy atom. The number of unbranched alkanes of at least 4 members (excludes halogenated alkanes) is 1. The first-order chi connectivity index (χ1) is 7.19. The van der Waals surface area contributed by atoms with E-state index in [1.165, 1.54) is 23.1 Å². The van der Waals surface area contributed by atoms with Gasteiger partial charge in [0.2, 0.25) is 0 Å². The van der Waals surface area contributed by atoms with Gasteiger partial charge in [0.05, 0.1) is 0 Å². The number of aromatic hydroxyl groups is 1. The van der Waals surface area contributed by atoms with Crippen molar-refractivity contribution in [2.75, 3.05) is 0 Å². The van der Waals surface area contributed by atoms with Crippen LogP contribution in [0.15, 0.2) is 24.3 Å². The Labute approximate surface area is 92.5 Å². The third-order valence-corrected chi connectivity index (χ3v) is 2.63. The summed E-state index contributed by atoms with van der Waals surface area (Å²) in [4.78, 5) is 0. The minimum absolute atomic E-state index is 0.353. The summed E-state index contributed by atoms with van der Waals surface area (Å²) in [6.07, 6.45) is 5.58. The molecule has 1 nitrogen and oxygen atoms in total. The third kappa shape index (κ3) is 3.12. The third-order valence-electron chi connectivity index (χ3n) is 2.63. The van der Waals surface area contributed by atoms with Gasteiger partial charge in [-0.25, -0.2) is 0 Å². The first-order valence-corrected chi connectivity index (χ1v) is 5.68. The molecule has 0 fully saturated rings. The molecule has 0 aliphatic rings. The maximum Gasteiger partial charge on any atom is 0.116 e. The van der Waals surface area contributed by atoms with Crippen LogP contribution in [0.2, 0.25) is 0 Å². The highest BCUT2D eigenvalue weighted by Gasteiger charge is 2.03. The fraction of sp³-hybridized carbons (Fsp3) is 0.429. The van der Waals surface area contributed by atoms with Crippen LogP contribution in [0.25, 0.3) is 5.57 Å². The van der Waals surface area contributed by atoms with Crippen LogP contribution in [0.5, 0.6) is 5.75 Å². The van der Waals surface area contributed by atoms with Crippen LogP contribution < -0.4 is 0 Å². The zero-order valence-electron chi connectivity index (χ0n) is 9.88. The summed E-state index contributed by atoms with van der Waals surface area (Å²) in [5.74, 6) is 0.353. The molecule has 0 amide bonds. The van der Waals surface area contributed by atoms with Gasteiger partial charge in [0.25, 0.3) is 0 Å². The van der Waals surface area contributed by atoms with Gasteiger partial charge in [-0.3, -0.25) is 0 Å². The van der Waals surface area contributed by atoms with Gasteiger partial charge in [-0.1, -0.05) is 32.4 Å². The number of benzene rings is 1. The molecule has 0 spiro atoms. The molecule has 0 aliphatic heterocycles. The summed E-state index contributed by atoms with van der Waals surface area (Å²) < 4.78 is 0. The van der Waals surface area contributed by atoms with E-state index in [9.17, 15) is 5.11 Å². The number of phenolic OH excluding ortho intramolecular Hbond substituents is 1.